The third-order valence-corrected chi connectivity index (χ3v) is 2.30. The smallest absolute Gasteiger partial charge is 0.228 e. The molecule has 0 radical (unpaired) electrons. The summed E-state index contributed by atoms with van der Waals surface area (Å²) in [5, 5.41) is 0. The van der Waals surface area contributed by atoms with Gasteiger partial charge in [0.15, 0.2) is 0 Å². The fourth-order valence-corrected chi connectivity index (χ4v) is 1.43. The zero-order valence-corrected chi connectivity index (χ0v) is 8.97. The van der Waals surface area contributed by atoms with Crippen molar-refractivity contribution in [3.63, 3.8) is 0 Å². The van der Waals surface area contributed by atoms with Crippen molar-refractivity contribution < 1.29 is 4.74 Å². The van der Waals surface area contributed by atoms with Crippen molar-refractivity contribution in [1.82, 2.24) is 0 Å². The second-order valence-electron chi connectivity index (χ2n) is 3.45. The van der Waals surface area contributed by atoms with E-state index in [1.165, 1.54) is 0 Å². The first-order valence-corrected chi connectivity index (χ1v) is 5.01. The SMILES string of the molecule is [C-]#[N+]c1ccccc1Oc1ccccc1C. The zero-order valence-electron chi connectivity index (χ0n) is 8.97. The molecule has 78 valence electrons. The van der Waals surface area contributed by atoms with Gasteiger partial charge in [-0.3, -0.25) is 0 Å². The van der Waals surface area contributed by atoms with Crippen LogP contribution in [0.25, 0.3) is 4.85 Å². The minimum absolute atomic E-state index is 0.533. The molecule has 2 aromatic carbocycles. The first-order valence-electron chi connectivity index (χ1n) is 5.01. The molecule has 0 spiro atoms. The summed E-state index contributed by atoms with van der Waals surface area (Å²) in [6.45, 7) is 9.03. The lowest BCUT2D eigenvalue weighted by molar-refractivity contribution is 0.482. The predicted molar refractivity (Wildman–Crippen MR) is 64.0 cm³/mol. The Morgan fingerprint density at radius 1 is 0.938 bits per heavy atom. The van der Waals surface area contributed by atoms with Crippen molar-refractivity contribution >= 4 is 5.69 Å². The molecule has 2 aromatic rings. The Morgan fingerprint density at radius 2 is 1.56 bits per heavy atom. The molecule has 0 unspecified atom stereocenters. The van der Waals surface area contributed by atoms with Gasteiger partial charge in [0.25, 0.3) is 0 Å². The number of ether oxygens (including phenoxy) is 1. The van der Waals surface area contributed by atoms with Crippen LogP contribution in [0.5, 0.6) is 11.5 Å². The van der Waals surface area contributed by atoms with E-state index in [1.807, 2.05) is 43.3 Å². The van der Waals surface area contributed by atoms with E-state index in [-0.39, 0.29) is 0 Å². The molecule has 2 heteroatoms. The summed E-state index contributed by atoms with van der Waals surface area (Å²) in [5.41, 5.74) is 1.59. The summed E-state index contributed by atoms with van der Waals surface area (Å²) >= 11 is 0. The lowest BCUT2D eigenvalue weighted by atomic mass is 10.2. The molecule has 0 N–H and O–H groups in total. The van der Waals surface area contributed by atoms with Crippen LogP contribution in [-0.4, -0.2) is 0 Å². The van der Waals surface area contributed by atoms with Crippen molar-refractivity contribution in [2.24, 2.45) is 0 Å². The van der Waals surface area contributed by atoms with Crippen LogP contribution in [0.3, 0.4) is 0 Å². The van der Waals surface area contributed by atoms with E-state index in [4.69, 9.17) is 11.3 Å². The second kappa shape index (κ2) is 4.50. The van der Waals surface area contributed by atoms with Crippen molar-refractivity contribution in [3.8, 4) is 11.5 Å². The molecule has 0 amide bonds. The normalized spacial score (nSPS) is 9.50. The number of para-hydroxylation sites is 3. The lowest BCUT2D eigenvalue weighted by Crippen LogP contribution is -1.86. The van der Waals surface area contributed by atoms with Gasteiger partial charge in [-0.1, -0.05) is 36.4 Å². The van der Waals surface area contributed by atoms with Crippen molar-refractivity contribution in [3.05, 3.63) is 65.5 Å². The topological polar surface area (TPSA) is 13.6 Å². The van der Waals surface area contributed by atoms with Crippen LogP contribution in [0.1, 0.15) is 5.56 Å². The van der Waals surface area contributed by atoms with Gasteiger partial charge in [-0.15, -0.1) is 0 Å². The molecule has 16 heavy (non-hydrogen) atoms. The van der Waals surface area contributed by atoms with Crippen LogP contribution in [0, 0.1) is 13.5 Å². The number of hydrogen-bond donors (Lipinski definition) is 0. The fourth-order valence-electron chi connectivity index (χ4n) is 1.43. The molecule has 2 rings (SSSR count). The fraction of sp³-hybridized carbons (Fsp3) is 0.0714. The molecule has 0 aliphatic heterocycles. The first-order chi connectivity index (χ1) is 7.81. The molecular formula is C14H11NO. The maximum atomic E-state index is 7.05. The second-order valence-corrected chi connectivity index (χ2v) is 3.45. The maximum absolute atomic E-state index is 7.05. The van der Waals surface area contributed by atoms with Crippen LogP contribution in [0.4, 0.5) is 5.69 Å². The van der Waals surface area contributed by atoms with Gasteiger partial charge in [-0.05, 0) is 24.6 Å². The van der Waals surface area contributed by atoms with Gasteiger partial charge in [0.1, 0.15) is 11.5 Å². The van der Waals surface area contributed by atoms with Crippen molar-refractivity contribution in [2.45, 2.75) is 6.92 Å². The summed E-state index contributed by atoms with van der Waals surface area (Å²) in [6.07, 6.45) is 0. The Kier molecular flexibility index (Phi) is 2.88. The molecule has 2 nitrogen and oxygen atoms in total. The van der Waals surface area contributed by atoms with E-state index in [0.29, 0.717) is 11.4 Å². The highest BCUT2D eigenvalue weighted by Crippen LogP contribution is 2.32. The average Bonchev–Trinajstić information content (AvgIpc) is 2.33. The monoisotopic (exact) mass is 209 g/mol. The Labute approximate surface area is 94.9 Å². The quantitative estimate of drug-likeness (QED) is 0.671. The molecular weight excluding hydrogens is 198 g/mol. The summed E-state index contributed by atoms with van der Waals surface area (Å²) in [4.78, 5) is 3.42. The lowest BCUT2D eigenvalue weighted by Gasteiger charge is -2.09. The highest BCUT2D eigenvalue weighted by Gasteiger charge is 2.04. The predicted octanol–water partition coefficient (Wildman–Crippen LogP) is 4.34. The van der Waals surface area contributed by atoms with Crippen molar-refractivity contribution in [1.29, 1.82) is 0 Å². The van der Waals surface area contributed by atoms with E-state index in [9.17, 15) is 0 Å². The molecule has 0 saturated heterocycles. The highest BCUT2D eigenvalue weighted by molar-refractivity contribution is 5.58. The van der Waals surface area contributed by atoms with Gasteiger partial charge >= 0.3 is 0 Å². The van der Waals surface area contributed by atoms with Crippen LogP contribution in [0.15, 0.2) is 48.5 Å². The van der Waals surface area contributed by atoms with E-state index < -0.39 is 0 Å². The van der Waals surface area contributed by atoms with E-state index in [1.54, 1.807) is 12.1 Å². The van der Waals surface area contributed by atoms with Crippen LogP contribution in [0.2, 0.25) is 0 Å². The molecule has 0 aliphatic rings. The van der Waals surface area contributed by atoms with Gasteiger partial charge in [0.05, 0.1) is 6.57 Å². The molecule has 0 aliphatic carbocycles. The molecule has 0 fully saturated rings. The van der Waals surface area contributed by atoms with E-state index in [2.05, 4.69) is 4.85 Å². The van der Waals surface area contributed by atoms with Crippen LogP contribution < -0.4 is 4.74 Å². The molecule has 0 aromatic heterocycles. The molecule has 0 saturated carbocycles. The maximum Gasteiger partial charge on any atom is 0.228 e. The first kappa shape index (κ1) is 10.3. The third-order valence-electron chi connectivity index (χ3n) is 2.30. The van der Waals surface area contributed by atoms with Gasteiger partial charge in [-0.25, -0.2) is 4.85 Å². The van der Waals surface area contributed by atoms with E-state index in [0.717, 1.165) is 11.3 Å². The Morgan fingerprint density at radius 3 is 2.25 bits per heavy atom. The van der Waals surface area contributed by atoms with Gasteiger partial charge in [0.2, 0.25) is 5.69 Å². The van der Waals surface area contributed by atoms with Crippen molar-refractivity contribution in [2.75, 3.05) is 0 Å². The number of rotatable bonds is 2. The Bertz CT molecular complexity index is 540. The summed E-state index contributed by atoms with van der Waals surface area (Å²) in [7, 11) is 0. The van der Waals surface area contributed by atoms with Gasteiger partial charge < -0.3 is 4.74 Å². The number of benzene rings is 2. The Hall–Kier alpha value is -2.27. The number of hydrogen-bond acceptors (Lipinski definition) is 1. The summed E-state index contributed by atoms with van der Waals surface area (Å²) in [6, 6.07) is 15.0. The van der Waals surface area contributed by atoms with Crippen LogP contribution in [-0.2, 0) is 0 Å². The summed E-state index contributed by atoms with van der Waals surface area (Å²) < 4.78 is 5.72. The van der Waals surface area contributed by atoms with Gasteiger partial charge in [0, 0.05) is 0 Å². The largest absolute Gasteiger partial charge is 0.468 e. The molecule has 0 bridgehead atoms. The summed E-state index contributed by atoms with van der Waals surface area (Å²) in [5.74, 6) is 1.39. The average molecular weight is 209 g/mol. The zero-order chi connectivity index (χ0) is 11.4. The van der Waals surface area contributed by atoms with E-state index >= 15 is 0 Å². The Balaban J connectivity index is 2.35. The standard InChI is InChI=1S/C14H11NO/c1-11-7-3-5-9-13(11)16-14-10-6-4-8-12(14)15-2/h3-10H,1H3. The van der Waals surface area contributed by atoms with Crippen LogP contribution >= 0.6 is 0 Å². The third kappa shape index (κ3) is 2.04. The van der Waals surface area contributed by atoms with Gasteiger partial charge in [-0.2, -0.15) is 0 Å². The number of aryl methyl sites for hydroxylation is 1. The minimum atomic E-state index is 0.533. The highest BCUT2D eigenvalue weighted by atomic mass is 16.5. The minimum Gasteiger partial charge on any atom is -0.468 e. The molecule has 0 atom stereocenters. The number of nitrogens with zero attached hydrogens (tertiary/aromatic N) is 1. The molecule has 0 heterocycles.